The molecule has 0 aromatic heterocycles. The first-order valence-corrected chi connectivity index (χ1v) is 5.66. The molecule has 0 aliphatic carbocycles. The van der Waals surface area contributed by atoms with E-state index in [2.05, 4.69) is 27.7 Å². The Kier molecular flexibility index (Phi) is 4.98. The third-order valence-corrected chi connectivity index (χ3v) is 3.60. The predicted molar refractivity (Wildman–Crippen MR) is 63.9 cm³/mol. The Balaban J connectivity index is 4.59. The van der Waals surface area contributed by atoms with E-state index in [9.17, 15) is 4.79 Å². The number of methoxy groups -OCH3 is 1. The van der Waals surface area contributed by atoms with Crippen molar-refractivity contribution in [3.63, 3.8) is 0 Å². The predicted octanol–water partition coefficient (Wildman–Crippen LogP) is 3.30. The zero-order valence-electron chi connectivity index (χ0n) is 11.3. The van der Waals surface area contributed by atoms with E-state index >= 15 is 0 Å². The van der Waals surface area contributed by atoms with Gasteiger partial charge in [-0.2, -0.15) is 0 Å². The van der Waals surface area contributed by atoms with Crippen LogP contribution in [0.3, 0.4) is 0 Å². The summed E-state index contributed by atoms with van der Waals surface area (Å²) in [4.78, 5) is 11.8. The SMILES string of the molecule is COCC(C)(C)C(C)(C)CC(=O)C(C)C. The number of rotatable bonds is 6. The van der Waals surface area contributed by atoms with E-state index in [1.165, 1.54) is 0 Å². The number of Topliss-reactive ketones (excluding diaryl/α,β-unsaturated/α-hetero) is 1. The van der Waals surface area contributed by atoms with Gasteiger partial charge in [0.2, 0.25) is 0 Å². The van der Waals surface area contributed by atoms with Crippen molar-refractivity contribution < 1.29 is 9.53 Å². The van der Waals surface area contributed by atoms with Crippen LogP contribution >= 0.6 is 0 Å². The Bertz CT molecular complexity index is 215. The van der Waals surface area contributed by atoms with Gasteiger partial charge in [-0.3, -0.25) is 4.79 Å². The van der Waals surface area contributed by atoms with Gasteiger partial charge in [0.15, 0.2) is 0 Å². The van der Waals surface area contributed by atoms with Gasteiger partial charge in [0, 0.05) is 19.4 Å². The first-order valence-electron chi connectivity index (χ1n) is 5.66. The molecule has 15 heavy (non-hydrogen) atoms. The maximum atomic E-state index is 11.8. The lowest BCUT2D eigenvalue weighted by Crippen LogP contribution is -2.38. The Labute approximate surface area is 94.4 Å². The second-order valence-corrected chi connectivity index (χ2v) is 6.00. The second kappa shape index (κ2) is 5.11. The molecule has 0 spiro atoms. The van der Waals surface area contributed by atoms with Crippen LogP contribution in [0.5, 0.6) is 0 Å². The smallest absolute Gasteiger partial charge is 0.135 e. The molecule has 0 aromatic rings. The summed E-state index contributed by atoms with van der Waals surface area (Å²) in [6.45, 7) is 13.2. The van der Waals surface area contributed by atoms with Gasteiger partial charge in [-0.25, -0.2) is 0 Å². The fourth-order valence-electron chi connectivity index (χ4n) is 1.44. The lowest BCUT2D eigenvalue weighted by molar-refractivity contribution is -0.126. The molecule has 0 atom stereocenters. The van der Waals surface area contributed by atoms with Gasteiger partial charge in [0.1, 0.15) is 5.78 Å². The normalized spacial score (nSPS) is 13.3. The van der Waals surface area contributed by atoms with E-state index in [1.54, 1.807) is 7.11 Å². The van der Waals surface area contributed by atoms with E-state index in [1.807, 2.05) is 13.8 Å². The van der Waals surface area contributed by atoms with Crippen molar-refractivity contribution in [3.8, 4) is 0 Å². The molecule has 0 saturated heterocycles. The molecule has 90 valence electrons. The first-order chi connectivity index (χ1) is 6.64. The van der Waals surface area contributed by atoms with Crippen molar-refractivity contribution in [1.29, 1.82) is 0 Å². The molecule has 0 amide bonds. The lowest BCUT2D eigenvalue weighted by atomic mass is 9.65. The molecule has 0 aliphatic heterocycles. The minimum absolute atomic E-state index is 0.0201. The topological polar surface area (TPSA) is 26.3 Å². The molecular formula is C13H26O2. The van der Waals surface area contributed by atoms with Crippen LogP contribution in [0.15, 0.2) is 0 Å². The van der Waals surface area contributed by atoms with Gasteiger partial charge < -0.3 is 4.74 Å². The van der Waals surface area contributed by atoms with Crippen LogP contribution in [0.25, 0.3) is 0 Å². The van der Waals surface area contributed by atoms with Gasteiger partial charge in [0.05, 0.1) is 6.61 Å². The van der Waals surface area contributed by atoms with E-state index in [4.69, 9.17) is 4.74 Å². The monoisotopic (exact) mass is 214 g/mol. The largest absolute Gasteiger partial charge is 0.384 e. The van der Waals surface area contributed by atoms with Crippen molar-refractivity contribution in [3.05, 3.63) is 0 Å². The van der Waals surface area contributed by atoms with Crippen LogP contribution in [0.1, 0.15) is 48.0 Å². The summed E-state index contributed by atoms with van der Waals surface area (Å²) < 4.78 is 5.22. The van der Waals surface area contributed by atoms with Gasteiger partial charge in [-0.15, -0.1) is 0 Å². The lowest BCUT2D eigenvalue weighted by Gasteiger charge is -2.41. The number of hydrogen-bond donors (Lipinski definition) is 0. The highest BCUT2D eigenvalue weighted by molar-refractivity contribution is 5.80. The summed E-state index contributed by atoms with van der Waals surface area (Å²) >= 11 is 0. The molecule has 0 aliphatic rings. The van der Waals surface area contributed by atoms with Gasteiger partial charge in [0.25, 0.3) is 0 Å². The maximum Gasteiger partial charge on any atom is 0.135 e. The summed E-state index contributed by atoms with van der Waals surface area (Å²) in [5.41, 5.74) is -0.00331. The zero-order chi connectivity index (χ0) is 12.3. The van der Waals surface area contributed by atoms with Crippen LogP contribution in [0.2, 0.25) is 0 Å². The summed E-state index contributed by atoms with van der Waals surface area (Å²) in [6, 6.07) is 0. The molecule has 0 heterocycles. The number of ether oxygens (including phenoxy) is 1. The van der Waals surface area contributed by atoms with Crippen LogP contribution in [0, 0.1) is 16.7 Å². The number of ketones is 1. The van der Waals surface area contributed by atoms with Crippen LogP contribution < -0.4 is 0 Å². The molecule has 2 nitrogen and oxygen atoms in total. The molecule has 0 radical (unpaired) electrons. The standard InChI is InChI=1S/C13H26O2/c1-10(2)11(14)8-12(3,4)13(5,6)9-15-7/h10H,8-9H2,1-7H3. The second-order valence-electron chi connectivity index (χ2n) is 6.00. The van der Waals surface area contributed by atoms with Crippen molar-refractivity contribution in [2.24, 2.45) is 16.7 Å². The molecule has 0 N–H and O–H groups in total. The zero-order valence-corrected chi connectivity index (χ0v) is 11.3. The van der Waals surface area contributed by atoms with E-state index in [0.29, 0.717) is 18.8 Å². The molecular weight excluding hydrogens is 188 g/mol. The van der Waals surface area contributed by atoms with Crippen LogP contribution in [-0.2, 0) is 9.53 Å². The average molecular weight is 214 g/mol. The Morgan fingerprint density at radius 3 is 1.93 bits per heavy atom. The minimum atomic E-state index is -0.0234. The number of hydrogen-bond acceptors (Lipinski definition) is 2. The molecule has 0 aromatic carbocycles. The molecule has 0 unspecified atom stereocenters. The average Bonchev–Trinajstić information content (AvgIpc) is 2.02. The van der Waals surface area contributed by atoms with E-state index in [-0.39, 0.29) is 16.7 Å². The van der Waals surface area contributed by atoms with Gasteiger partial charge in [-0.1, -0.05) is 41.5 Å². The Morgan fingerprint density at radius 1 is 1.13 bits per heavy atom. The quantitative estimate of drug-likeness (QED) is 0.678. The fourth-order valence-corrected chi connectivity index (χ4v) is 1.44. The highest BCUT2D eigenvalue weighted by atomic mass is 16.5. The molecule has 0 bridgehead atoms. The van der Waals surface area contributed by atoms with Gasteiger partial charge >= 0.3 is 0 Å². The van der Waals surface area contributed by atoms with Crippen molar-refractivity contribution in [1.82, 2.24) is 0 Å². The van der Waals surface area contributed by atoms with Gasteiger partial charge in [-0.05, 0) is 10.8 Å². The summed E-state index contributed by atoms with van der Waals surface area (Å²) in [6.07, 6.45) is 0.626. The minimum Gasteiger partial charge on any atom is -0.384 e. The number of carbonyl (C=O) groups excluding carboxylic acids is 1. The molecule has 0 rings (SSSR count). The molecule has 2 heteroatoms. The van der Waals surface area contributed by atoms with Crippen LogP contribution in [-0.4, -0.2) is 19.5 Å². The van der Waals surface area contributed by atoms with Crippen molar-refractivity contribution in [2.75, 3.05) is 13.7 Å². The third kappa shape index (κ3) is 3.94. The Morgan fingerprint density at radius 2 is 1.60 bits per heavy atom. The van der Waals surface area contributed by atoms with E-state index < -0.39 is 0 Å². The van der Waals surface area contributed by atoms with E-state index in [0.717, 1.165) is 0 Å². The molecule has 0 fully saturated rings. The van der Waals surface area contributed by atoms with Crippen molar-refractivity contribution >= 4 is 5.78 Å². The Hall–Kier alpha value is -0.370. The number of carbonyl (C=O) groups is 1. The maximum absolute atomic E-state index is 11.8. The highest BCUT2D eigenvalue weighted by Gasteiger charge is 2.38. The summed E-state index contributed by atoms with van der Waals surface area (Å²) in [5, 5.41) is 0. The molecule has 0 saturated carbocycles. The first kappa shape index (κ1) is 14.6. The summed E-state index contributed by atoms with van der Waals surface area (Å²) in [7, 11) is 1.71. The fraction of sp³-hybridized carbons (Fsp3) is 0.923. The van der Waals surface area contributed by atoms with Crippen molar-refractivity contribution in [2.45, 2.75) is 48.0 Å². The highest BCUT2D eigenvalue weighted by Crippen LogP contribution is 2.42. The van der Waals surface area contributed by atoms with Crippen LogP contribution in [0.4, 0.5) is 0 Å². The summed E-state index contributed by atoms with van der Waals surface area (Å²) in [5.74, 6) is 0.465. The third-order valence-electron chi connectivity index (χ3n) is 3.60.